The number of allylic oxidation sites excluding steroid dienone is 1. The van der Waals surface area contributed by atoms with E-state index in [0.717, 1.165) is 56.7 Å². The number of aliphatic hydroxyl groups excluding tert-OH is 1. The average Bonchev–Trinajstić information content (AvgIpc) is 1.58. The Labute approximate surface area is 627 Å². The number of pyridine rings is 1. The highest BCUT2D eigenvalue weighted by molar-refractivity contribution is 7.14. The molecule has 2 unspecified atom stereocenters. The zero-order valence-corrected chi connectivity index (χ0v) is 62.0. The van der Waals surface area contributed by atoms with Crippen LogP contribution in [0.4, 0.5) is 0 Å². The molecule has 1 fully saturated rings. The molecule has 9 aromatic rings. The highest BCUT2D eigenvalue weighted by Crippen LogP contribution is 2.43. The minimum absolute atomic E-state index is 0.00458. The number of aromatic hydroxyl groups is 1. The number of thiazole rings is 5. The van der Waals surface area contributed by atoms with E-state index in [-0.39, 0.29) is 111 Å². The summed E-state index contributed by atoms with van der Waals surface area (Å²) in [5.41, 5.74) is 2.92. The molecule has 1 aromatic carbocycles. The van der Waals surface area contributed by atoms with Gasteiger partial charge in [0.15, 0.2) is 18.1 Å². The predicted molar refractivity (Wildman–Crippen MR) is 384 cm³/mol. The number of carbonyl (C=O) groups excluding carboxylic acids is 8. The maximum Gasteiger partial charge on any atom is 0.358 e. The summed E-state index contributed by atoms with van der Waals surface area (Å²) < 4.78 is 40.2. The van der Waals surface area contributed by atoms with Crippen molar-refractivity contribution in [3.63, 3.8) is 0 Å². The molecular weight excluding hydrogens is 1490 g/mol. The lowest BCUT2D eigenvalue weighted by Crippen LogP contribution is -2.62. The number of hydrogen-bond acceptors (Lipinski definition) is 32. The number of likely N-dealkylation sites (N-methyl/N-ethyl adjacent to an activating group) is 1. The Balaban J connectivity index is 0.936. The van der Waals surface area contributed by atoms with Gasteiger partial charge in [0.2, 0.25) is 11.8 Å². The zero-order chi connectivity index (χ0) is 75.9. The highest BCUT2D eigenvalue weighted by Gasteiger charge is 2.50. The number of imidazole rings is 1. The Morgan fingerprint density at radius 3 is 2.30 bits per heavy atom. The van der Waals surface area contributed by atoms with Crippen LogP contribution in [0, 0.1) is 0 Å². The molecular formula is C67H71N17O18S5. The second-order valence-electron chi connectivity index (χ2n) is 25.8. The van der Waals surface area contributed by atoms with Gasteiger partial charge in [-0.15, -0.1) is 56.7 Å². The van der Waals surface area contributed by atoms with Gasteiger partial charge in [-0.3, -0.25) is 28.8 Å². The van der Waals surface area contributed by atoms with E-state index in [1.807, 2.05) is 10.8 Å². The van der Waals surface area contributed by atoms with Crippen molar-refractivity contribution in [2.45, 2.75) is 127 Å². The van der Waals surface area contributed by atoms with Crippen molar-refractivity contribution in [1.82, 2.24) is 81.0 Å². The molecule has 35 nitrogen and oxygen atoms in total. The fraction of sp³-hybridized carbons (Fsp3) is 0.388. The fourth-order valence-electron chi connectivity index (χ4n) is 13.0. The molecule has 8 aromatic heterocycles. The van der Waals surface area contributed by atoms with E-state index in [0.29, 0.717) is 29.8 Å². The number of cyclic esters (lactones) is 2. The number of nitrogens with zero attached hydrogens (tertiary/aromatic N) is 10. The van der Waals surface area contributed by atoms with Crippen LogP contribution in [-0.4, -0.2) is 212 Å². The lowest BCUT2D eigenvalue weighted by molar-refractivity contribution is -0.280. The predicted octanol–water partition coefficient (Wildman–Crippen LogP) is 3.62. The standard InChI is InChI=1S/C67H71N17O18S5/c1-28(85)45-59(92)80-46(29(2)97-7)62-75-40(26-105-62)58(91)81-49-51-52(102-43-17-67(4,95)53(82(5)6)30(3)101-43)66(94)99-19-31-10-8-11-41-44(31)33(20-98-51)50(84(41)96)65(93)100-21-35(72-56(89)38-25-107-64(49)77-38)61-73-36(22-104-61)47-32(60-74-39(23-103-60)57(90)79-45)16-42(86)48(78-47)63-76-37(24-106-63)55(88)71-34(54(68)87)18-69-12-9-14-83-15-13-70-27-83/h8,10-11,13,15-16,22-28,30,34-35,43,45,49,51-53,69,85-86,95-96H,9,12,14,17-21H2,1-7H3,(H2,68,87)(H,71,88)(H,72,89)(H,79,90)(H,80,92)(H,81,91)/b46-29+/t28-,30+,34?,35+,43+,45?,49+,51-,52+,53-,67+/m1/s1. The van der Waals surface area contributed by atoms with E-state index in [1.54, 1.807) is 57.5 Å². The molecule has 0 radical (unpaired) electrons. The van der Waals surface area contributed by atoms with Crippen LogP contribution in [-0.2, 0) is 62.6 Å². The van der Waals surface area contributed by atoms with Crippen molar-refractivity contribution < 1.29 is 87.3 Å². The Kier molecular flexibility index (Phi) is 22.0. The quantitative estimate of drug-likeness (QED) is 0.0302. The summed E-state index contributed by atoms with van der Waals surface area (Å²) in [7, 11) is 4.84. The van der Waals surface area contributed by atoms with Crippen LogP contribution < -0.4 is 37.6 Å². The number of aliphatic hydroxyl groups is 2. The van der Waals surface area contributed by atoms with Crippen LogP contribution in [0.1, 0.15) is 131 Å². The number of esters is 2. The molecule has 12 N–H and O–H groups in total. The number of benzene rings is 1. The highest BCUT2D eigenvalue weighted by atomic mass is 32.1. The van der Waals surface area contributed by atoms with Gasteiger partial charge in [-0.2, -0.15) is 4.73 Å². The smallest absolute Gasteiger partial charge is 0.358 e. The third-order valence-electron chi connectivity index (χ3n) is 18.1. The molecule has 6 amide bonds. The lowest BCUT2D eigenvalue weighted by Gasteiger charge is -2.48. The third kappa shape index (κ3) is 15.7. The summed E-state index contributed by atoms with van der Waals surface area (Å²) in [5, 5.41) is 71.4. The van der Waals surface area contributed by atoms with Gasteiger partial charge >= 0.3 is 11.9 Å². The average molecular weight is 1560 g/mol. The number of hydrogen-bond donors (Lipinski definition) is 11. The number of ether oxygens (including phenoxy) is 6. The molecule has 107 heavy (non-hydrogen) atoms. The number of carbonyl (C=O) groups is 8. The van der Waals surface area contributed by atoms with Crippen LogP contribution in [0.15, 0.2) is 75.6 Å². The maximum atomic E-state index is 15.2. The van der Waals surface area contributed by atoms with Crippen molar-refractivity contribution >= 4 is 121 Å². The van der Waals surface area contributed by atoms with Gasteiger partial charge in [-0.1, -0.05) is 12.1 Å². The second kappa shape index (κ2) is 31.4. The first-order valence-electron chi connectivity index (χ1n) is 33.2. The molecule has 4 aliphatic rings. The molecule has 0 saturated carbocycles. The molecule has 40 heteroatoms. The van der Waals surface area contributed by atoms with Crippen LogP contribution >= 0.6 is 56.7 Å². The number of primary amides is 1. The first kappa shape index (κ1) is 75.1. The summed E-state index contributed by atoms with van der Waals surface area (Å²) in [6, 6.07) is -0.520. The maximum absolute atomic E-state index is 15.2. The molecule has 4 aliphatic heterocycles. The molecule has 12 bridgehead atoms. The third-order valence-corrected chi connectivity index (χ3v) is 22.6. The topological polar surface area (TPSA) is 474 Å². The number of aromatic nitrogens is 9. The molecule has 0 spiro atoms. The van der Waals surface area contributed by atoms with E-state index in [1.165, 1.54) is 60.0 Å². The minimum Gasteiger partial charge on any atom is -0.506 e. The largest absolute Gasteiger partial charge is 0.506 e. The SMILES string of the molecule is CO/C(C)=C1/NC(=O)C([C@@H](C)O)NC(=O)c2csc(n2)-c2cc(O)c(-c3nc(C(=O)NC(CNCCCn4ccnc4)C(N)=O)cs3)nc2-c2csc(n2)[C@@H]2COC(=O)c3c4c5c(cccc5n3O)COC(=O)[C@@H](O[C@H]3C[C@](C)(O)[C@H](N(C)C)[C@H](C)O3)[C@H](OC4)[C@H](NC(=O)c3csc1n3)c1nc(cs1)C(=O)N2. The Bertz CT molecular complexity index is 4950. The van der Waals surface area contributed by atoms with E-state index in [9.17, 15) is 39.7 Å². The number of nitrogens with two attached hydrogens (primary N) is 1. The van der Waals surface area contributed by atoms with Crippen LogP contribution in [0.5, 0.6) is 5.75 Å². The number of amides is 6. The monoisotopic (exact) mass is 1560 g/mol. The normalized spacial score (nSPS) is 23.3. The van der Waals surface area contributed by atoms with Crippen molar-refractivity contribution in [3.8, 4) is 38.4 Å². The Morgan fingerprint density at radius 1 is 0.869 bits per heavy atom. The van der Waals surface area contributed by atoms with Gasteiger partial charge in [0.1, 0.15) is 126 Å². The first-order valence-corrected chi connectivity index (χ1v) is 37.6. The molecule has 562 valence electrons. The van der Waals surface area contributed by atoms with E-state index in [4.69, 9.17) is 49.1 Å². The van der Waals surface area contributed by atoms with Crippen molar-refractivity contribution in [2.24, 2.45) is 5.73 Å². The molecule has 1 saturated heterocycles. The minimum atomic E-state index is -1.92. The van der Waals surface area contributed by atoms with Crippen LogP contribution in [0.2, 0.25) is 0 Å². The zero-order valence-electron chi connectivity index (χ0n) is 58.0. The summed E-state index contributed by atoms with van der Waals surface area (Å²) in [6.45, 7) is 5.35. The fourth-order valence-corrected chi connectivity index (χ4v) is 17.2. The number of rotatable bonds is 15. The number of nitrogens with one attached hydrogen (secondary N) is 6. The van der Waals surface area contributed by atoms with Gasteiger partial charge in [0.25, 0.3) is 23.6 Å². The molecule has 13 rings (SSSR count). The van der Waals surface area contributed by atoms with E-state index < -0.39 is 145 Å². The number of methoxy groups -OCH3 is 1. The number of fused-ring (bicyclic) bond motifs is 15. The molecule has 11 atom stereocenters. The summed E-state index contributed by atoms with van der Waals surface area (Å²) >= 11 is 4.51. The molecule has 12 heterocycles. The second-order valence-corrected chi connectivity index (χ2v) is 30.2. The van der Waals surface area contributed by atoms with Gasteiger partial charge < -0.3 is 96.0 Å². The Morgan fingerprint density at radius 2 is 1.57 bits per heavy atom. The van der Waals surface area contributed by atoms with E-state index in [2.05, 4.69) is 51.8 Å². The van der Waals surface area contributed by atoms with Crippen LogP contribution in [0.25, 0.3) is 49.3 Å². The summed E-state index contributed by atoms with van der Waals surface area (Å²) in [5.74, 6) is -8.01. The molecule has 0 aliphatic carbocycles. The van der Waals surface area contributed by atoms with E-state index >= 15 is 19.2 Å². The van der Waals surface area contributed by atoms with Gasteiger partial charge in [-0.05, 0) is 72.5 Å². The van der Waals surface area contributed by atoms with Gasteiger partial charge in [-0.25, -0.2) is 44.5 Å². The van der Waals surface area contributed by atoms with Crippen molar-refractivity contribution in [1.29, 1.82) is 0 Å². The van der Waals surface area contributed by atoms with Gasteiger partial charge in [0, 0.05) is 75.3 Å². The van der Waals surface area contributed by atoms with Crippen molar-refractivity contribution in [2.75, 3.05) is 40.9 Å². The van der Waals surface area contributed by atoms with Crippen molar-refractivity contribution in [3.05, 3.63) is 130 Å². The Hall–Kier alpha value is -10.1. The number of aryl methyl sites for hydroxylation is 1. The van der Waals surface area contributed by atoms with Crippen LogP contribution in [0.3, 0.4) is 0 Å². The summed E-state index contributed by atoms with van der Waals surface area (Å²) in [6.07, 6.45) is -1.76. The summed E-state index contributed by atoms with van der Waals surface area (Å²) in [4.78, 5) is 150. The first-order chi connectivity index (χ1) is 51.2. The van der Waals surface area contributed by atoms with Gasteiger partial charge in [0.05, 0.1) is 49.4 Å². The lowest BCUT2D eigenvalue weighted by atomic mass is 9.85.